The van der Waals surface area contributed by atoms with E-state index in [0.29, 0.717) is 24.8 Å². The van der Waals surface area contributed by atoms with Crippen molar-refractivity contribution in [3.8, 4) is 0 Å². The first-order valence-electron chi connectivity index (χ1n) is 7.12. The highest BCUT2D eigenvalue weighted by Gasteiger charge is 2.13. The number of likely N-dealkylation sites (N-methyl/N-ethyl adjacent to an activating group) is 1. The van der Waals surface area contributed by atoms with E-state index in [1.165, 1.54) is 0 Å². The van der Waals surface area contributed by atoms with Crippen LogP contribution >= 0.6 is 0 Å². The van der Waals surface area contributed by atoms with Gasteiger partial charge >= 0.3 is 0 Å². The quantitative estimate of drug-likeness (QED) is 0.699. The lowest BCUT2D eigenvalue weighted by atomic mass is 10.2. The number of benzene rings is 1. The van der Waals surface area contributed by atoms with Crippen LogP contribution in [0, 0.1) is 0 Å². The average molecular weight is 317 g/mol. The molecule has 0 aliphatic heterocycles. The molecule has 0 saturated carbocycles. The third-order valence-corrected chi connectivity index (χ3v) is 2.99. The molecule has 0 aliphatic rings. The predicted octanol–water partition coefficient (Wildman–Crippen LogP) is -0.154. The Morgan fingerprint density at radius 2 is 2.04 bits per heavy atom. The molecule has 1 heterocycles. The number of carbonyl (C=O) groups is 2. The highest BCUT2D eigenvalue weighted by atomic mass is 16.5. The second-order valence-electron chi connectivity index (χ2n) is 5.18. The van der Waals surface area contributed by atoms with Crippen LogP contribution in [0.15, 0.2) is 34.9 Å². The minimum atomic E-state index is -0.437. The number of rotatable bonds is 8. The average Bonchev–Trinajstić information content (AvgIpc) is 2.92. The molecule has 3 N–H and O–H groups in total. The van der Waals surface area contributed by atoms with E-state index in [4.69, 9.17) is 10.3 Å². The first-order valence-corrected chi connectivity index (χ1v) is 7.12. The zero-order chi connectivity index (χ0) is 16.7. The number of hydrogen-bond donors (Lipinski definition) is 2. The summed E-state index contributed by atoms with van der Waals surface area (Å²) in [6.07, 6.45) is 0.0376. The van der Waals surface area contributed by atoms with Crippen molar-refractivity contribution in [3.63, 3.8) is 0 Å². The summed E-state index contributed by atoms with van der Waals surface area (Å²) in [5, 5.41) is 6.54. The number of aromatic nitrogens is 2. The SMILES string of the molecule is CN(CC(N)=O)Cc1nc(CC(=O)NCc2ccccc2)no1. The van der Waals surface area contributed by atoms with Crippen molar-refractivity contribution in [1.29, 1.82) is 0 Å². The van der Waals surface area contributed by atoms with Crippen LogP contribution in [0.25, 0.3) is 0 Å². The van der Waals surface area contributed by atoms with Gasteiger partial charge in [-0.25, -0.2) is 0 Å². The van der Waals surface area contributed by atoms with Gasteiger partial charge in [-0.1, -0.05) is 35.5 Å². The summed E-state index contributed by atoms with van der Waals surface area (Å²) in [6.45, 7) is 0.836. The largest absolute Gasteiger partial charge is 0.369 e. The monoisotopic (exact) mass is 317 g/mol. The van der Waals surface area contributed by atoms with Crippen LogP contribution in [0.1, 0.15) is 17.3 Å². The number of amides is 2. The lowest BCUT2D eigenvalue weighted by Crippen LogP contribution is -2.30. The van der Waals surface area contributed by atoms with Crippen LogP contribution in [0.3, 0.4) is 0 Å². The molecule has 0 bridgehead atoms. The van der Waals surface area contributed by atoms with Crippen molar-refractivity contribution in [2.45, 2.75) is 19.5 Å². The first-order chi connectivity index (χ1) is 11.0. The second kappa shape index (κ2) is 8.04. The van der Waals surface area contributed by atoms with Crippen molar-refractivity contribution in [2.75, 3.05) is 13.6 Å². The number of carbonyl (C=O) groups excluding carboxylic acids is 2. The van der Waals surface area contributed by atoms with E-state index in [1.807, 2.05) is 30.3 Å². The second-order valence-corrected chi connectivity index (χ2v) is 5.18. The van der Waals surface area contributed by atoms with Gasteiger partial charge in [-0.2, -0.15) is 4.98 Å². The summed E-state index contributed by atoms with van der Waals surface area (Å²) in [5.41, 5.74) is 6.12. The number of primary amides is 1. The molecule has 0 radical (unpaired) electrons. The van der Waals surface area contributed by atoms with Gasteiger partial charge in [0.2, 0.25) is 17.7 Å². The van der Waals surface area contributed by atoms with Crippen LogP contribution in [0.4, 0.5) is 0 Å². The topological polar surface area (TPSA) is 114 Å². The molecule has 0 fully saturated rings. The summed E-state index contributed by atoms with van der Waals surface area (Å²) >= 11 is 0. The van der Waals surface area contributed by atoms with E-state index in [0.717, 1.165) is 5.56 Å². The zero-order valence-electron chi connectivity index (χ0n) is 12.9. The summed E-state index contributed by atoms with van der Waals surface area (Å²) in [4.78, 5) is 28.4. The van der Waals surface area contributed by atoms with Crippen molar-refractivity contribution in [1.82, 2.24) is 20.4 Å². The number of nitrogens with zero attached hydrogens (tertiary/aromatic N) is 3. The Morgan fingerprint density at radius 1 is 1.30 bits per heavy atom. The standard InChI is InChI=1S/C15H19N5O3/c1-20(9-12(16)21)10-15-18-13(19-23-15)7-14(22)17-8-11-5-3-2-4-6-11/h2-6H,7-10H2,1H3,(H2,16,21)(H,17,22). The summed E-state index contributed by atoms with van der Waals surface area (Å²) in [5.74, 6) is 0.0110. The molecular formula is C15H19N5O3. The van der Waals surface area contributed by atoms with E-state index < -0.39 is 5.91 Å². The Hall–Kier alpha value is -2.74. The Bertz CT molecular complexity index is 656. The molecule has 23 heavy (non-hydrogen) atoms. The number of hydrogen-bond acceptors (Lipinski definition) is 6. The number of nitrogens with two attached hydrogens (primary N) is 1. The summed E-state index contributed by atoms with van der Waals surface area (Å²) in [7, 11) is 1.71. The molecule has 1 aromatic heterocycles. The van der Waals surface area contributed by atoms with Gasteiger partial charge in [0.15, 0.2) is 5.82 Å². The zero-order valence-corrected chi connectivity index (χ0v) is 12.9. The van der Waals surface area contributed by atoms with E-state index in [-0.39, 0.29) is 18.9 Å². The van der Waals surface area contributed by atoms with Gasteiger partial charge < -0.3 is 15.6 Å². The van der Waals surface area contributed by atoms with Gasteiger partial charge in [-0.3, -0.25) is 14.5 Å². The molecule has 2 amide bonds. The molecule has 1 aromatic carbocycles. The fourth-order valence-electron chi connectivity index (χ4n) is 1.98. The Balaban J connectivity index is 1.79. The predicted molar refractivity (Wildman–Crippen MR) is 81.8 cm³/mol. The Labute approximate surface area is 133 Å². The lowest BCUT2D eigenvalue weighted by molar-refractivity contribution is -0.121. The maximum Gasteiger partial charge on any atom is 0.240 e. The molecule has 0 saturated heterocycles. The lowest BCUT2D eigenvalue weighted by Gasteiger charge is -2.10. The molecule has 2 rings (SSSR count). The highest BCUT2D eigenvalue weighted by Crippen LogP contribution is 2.02. The van der Waals surface area contributed by atoms with Crippen LogP contribution in [0.2, 0.25) is 0 Å². The smallest absolute Gasteiger partial charge is 0.240 e. The summed E-state index contributed by atoms with van der Waals surface area (Å²) < 4.78 is 5.05. The van der Waals surface area contributed by atoms with E-state index in [2.05, 4.69) is 15.5 Å². The van der Waals surface area contributed by atoms with Crippen LogP contribution in [0.5, 0.6) is 0 Å². The van der Waals surface area contributed by atoms with E-state index in [9.17, 15) is 9.59 Å². The molecule has 0 spiro atoms. The fraction of sp³-hybridized carbons (Fsp3) is 0.333. The molecule has 122 valence electrons. The van der Waals surface area contributed by atoms with Crippen molar-refractivity contribution >= 4 is 11.8 Å². The minimum Gasteiger partial charge on any atom is -0.369 e. The van der Waals surface area contributed by atoms with Gasteiger partial charge in [-0.15, -0.1) is 0 Å². The summed E-state index contributed by atoms with van der Waals surface area (Å²) in [6, 6.07) is 9.61. The molecule has 0 unspecified atom stereocenters. The molecule has 8 nitrogen and oxygen atoms in total. The van der Waals surface area contributed by atoms with Gasteiger partial charge in [-0.05, 0) is 12.6 Å². The number of nitrogens with one attached hydrogen (secondary N) is 1. The third-order valence-electron chi connectivity index (χ3n) is 2.99. The van der Waals surface area contributed by atoms with Crippen LogP contribution in [-0.4, -0.2) is 40.4 Å². The maximum atomic E-state index is 11.9. The van der Waals surface area contributed by atoms with Gasteiger partial charge in [0.05, 0.1) is 19.5 Å². The molecule has 2 aromatic rings. The van der Waals surface area contributed by atoms with E-state index >= 15 is 0 Å². The van der Waals surface area contributed by atoms with Crippen LogP contribution < -0.4 is 11.1 Å². The molecule has 0 aliphatic carbocycles. The molecule has 8 heteroatoms. The fourth-order valence-corrected chi connectivity index (χ4v) is 1.98. The van der Waals surface area contributed by atoms with Crippen molar-refractivity contribution < 1.29 is 14.1 Å². The highest BCUT2D eigenvalue weighted by molar-refractivity contribution is 5.77. The molecule has 0 atom stereocenters. The van der Waals surface area contributed by atoms with Crippen molar-refractivity contribution in [2.24, 2.45) is 5.73 Å². The van der Waals surface area contributed by atoms with Crippen molar-refractivity contribution in [3.05, 3.63) is 47.6 Å². The molecular weight excluding hydrogens is 298 g/mol. The van der Waals surface area contributed by atoms with Gasteiger partial charge in [0.25, 0.3) is 0 Å². The van der Waals surface area contributed by atoms with Crippen LogP contribution in [-0.2, 0) is 29.1 Å². The first kappa shape index (κ1) is 16.6. The van der Waals surface area contributed by atoms with E-state index in [1.54, 1.807) is 11.9 Å². The Kier molecular flexibility index (Phi) is 5.81. The normalized spacial score (nSPS) is 10.7. The third kappa shape index (κ3) is 5.87. The maximum absolute atomic E-state index is 11.9. The Morgan fingerprint density at radius 3 is 2.74 bits per heavy atom. The minimum absolute atomic E-state index is 0.0376. The van der Waals surface area contributed by atoms with Gasteiger partial charge in [0.1, 0.15) is 0 Å². The van der Waals surface area contributed by atoms with Gasteiger partial charge in [0, 0.05) is 6.54 Å².